The fourth-order valence-electron chi connectivity index (χ4n) is 3.64. The summed E-state index contributed by atoms with van der Waals surface area (Å²) >= 11 is 0. The third kappa shape index (κ3) is 9.48. The molecule has 3 aromatic rings. The third-order valence-corrected chi connectivity index (χ3v) is 5.41. The van der Waals surface area contributed by atoms with Gasteiger partial charge in [0.25, 0.3) is 5.91 Å². The van der Waals surface area contributed by atoms with Crippen LogP contribution in [0.4, 0.5) is 5.69 Å². The van der Waals surface area contributed by atoms with Crippen molar-refractivity contribution in [1.82, 2.24) is 10.6 Å². The van der Waals surface area contributed by atoms with E-state index in [-0.39, 0.29) is 24.8 Å². The van der Waals surface area contributed by atoms with Crippen LogP contribution < -0.4 is 27.4 Å². The van der Waals surface area contributed by atoms with Crippen molar-refractivity contribution in [1.29, 1.82) is 0 Å². The predicted molar refractivity (Wildman–Crippen MR) is 145 cm³/mol. The Morgan fingerprint density at radius 2 is 1.66 bits per heavy atom. The van der Waals surface area contributed by atoms with Crippen LogP contribution in [0.2, 0.25) is 0 Å². The van der Waals surface area contributed by atoms with Gasteiger partial charge in [0.2, 0.25) is 5.91 Å². The van der Waals surface area contributed by atoms with E-state index < -0.39 is 0 Å². The second-order valence-electron chi connectivity index (χ2n) is 8.30. The number of benzene rings is 3. The second kappa shape index (κ2) is 15.6. The fraction of sp³-hybridized carbons (Fsp3) is 0.357. The summed E-state index contributed by atoms with van der Waals surface area (Å²) in [5.41, 5.74) is 13.3. The molecule has 3 aromatic carbocycles. The van der Waals surface area contributed by atoms with E-state index in [0.717, 1.165) is 28.4 Å². The monoisotopic (exact) mass is 477 g/mol. The maximum absolute atomic E-state index is 12.7. The first-order valence-corrected chi connectivity index (χ1v) is 12.3. The molecule has 0 bridgehead atoms. The molecule has 4 rings (SSSR count). The number of hydrogen-bond acceptors (Lipinski definition) is 5. The zero-order valence-electron chi connectivity index (χ0n) is 20.9. The van der Waals surface area contributed by atoms with Crippen LogP contribution in [-0.2, 0) is 11.3 Å². The maximum Gasteiger partial charge on any atom is 0.251 e. The Hall–Kier alpha value is -3.26. The average Bonchev–Trinajstić information content (AvgIpc) is 3.45. The van der Waals surface area contributed by atoms with Crippen molar-refractivity contribution in [3.63, 3.8) is 0 Å². The van der Waals surface area contributed by atoms with Crippen molar-refractivity contribution in [2.24, 2.45) is 11.5 Å². The number of carbonyl (C=O) groups excluding carboxylic acids is 2. The summed E-state index contributed by atoms with van der Waals surface area (Å²) in [6, 6.07) is 19.5. The molecule has 0 unspecified atom stereocenters. The van der Waals surface area contributed by atoms with Crippen LogP contribution >= 0.6 is 0 Å². The number of fused-ring (bicyclic) bond motifs is 1. The molecule has 1 heterocycles. The van der Waals surface area contributed by atoms with Gasteiger partial charge in [0.1, 0.15) is 0 Å². The molecule has 1 fully saturated rings. The van der Waals surface area contributed by atoms with Crippen molar-refractivity contribution in [3.8, 4) is 0 Å². The Morgan fingerprint density at radius 3 is 2.31 bits per heavy atom. The minimum absolute atomic E-state index is 0.163. The molecule has 0 aliphatic carbocycles. The van der Waals surface area contributed by atoms with Gasteiger partial charge in [0, 0.05) is 30.8 Å². The topological polar surface area (TPSA) is 122 Å². The first kappa shape index (κ1) is 28.0. The number of rotatable bonds is 6. The summed E-state index contributed by atoms with van der Waals surface area (Å²) in [6.07, 6.45) is 3.02. The first-order chi connectivity index (χ1) is 17.0. The van der Waals surface area contributed by atoms with Crippen molar-refractivity contribution in [3.05, 3.63) is 77.4 Å². The molecule has 7 nitrogen and oxygen atoms in total. The molecule has 35 heavy (non-hydrogen) atoms. The number of aryl methyl sites for hydroxylation is 1. The smallest absolute Gasteiger partial charge is 0.251 e. The number of nitrogens with two attached hydrogens (primary N) is 2. The highest BCUT2D eigenvalue weighted by atomic mass is 16.2. The molecule has 188 valence electrons. The van der Waals surface area contributed by atoms with Gasteiger partial charge in [-0.15, -0.1) is 0 Å². The van der Waals surface area contributed by atoms with Gasteiger partial charge >= 0.3 is 0 Å². The standard InChI is InChI=1S/C22H23N3O2.C4H9N.C2H7N/c1-15-9-10-18(25-21(26)11-12-23)13-20(15)22(27)24-14-17-7-4-6-16-5-2-3-8-19(16)17;1-2-4-5-3-1;1-2-3/h2-10,13H,11-12,14,23H2,1H3,(H,24,27)(H,25,26);5H,1-4H2;2-3H2,1H3. The highest BCUT2D eigenvalue weighted by molar-refractivity contribution is 5.98. The van der Waals surface area contributed by atoms with E-state index in [1.54, 1.807) is 12.1 Å². The van der Waals surface area contributed by atoms with Crippen LogP contribution in [0.5, 0.6) is 0 Å². The van der Waals surface area contributed by atoms with Crippen molar-refractivity contribution < 1.29 is 9.59 Å². The van der Waals surface area contributed by atoms with E-state index in [1.807, 2.05) is 44.2 Å². The van der Waals surface area contributed by atoms with Crippen molar-refractivity contribution >= 4 is 28.3 Å². The Morgan fingerprint density at radius 1 is 0.971 bits per heavy atom. The largest absolute Gasteiger partial charge is 0.348 e. The molecule has 0 aromatic heterocycles. The number of anilines is 1. The molecule has 1 aliphatic heterocycles. The Balaban J connectivity index is 0.000000462. The fourth-order valence-corrected chi connectivity index (χ4v) is 3.64. The maximum atomic E-state index is 12.7. The van der Waals surface area contributed by atoms with Gasteiger partial charge < -0.3 is 27.4 Å². The zero-order valence-corrected chi connectivity index (χ0v) is 20.9. The summed E-state index contributed by atoms with van der Waals surface area (Å²) in [7, 11) is 0. The quantitative estimate of drug-likeness (QED) is 0.371. The van der Waals surface area contributed by atoms with Gasteiger partial charge in [0.05, 0.1) is 0 Å². The molecular weight excluding hydrogens is 438 g/mol. The molecule has 0 spiro atoms. The van der Waals surface area contributed by atoms with Gasteiger partial charge in [-0.2, -0.15) is 0 Å². The van der Waals surface area contributed by atoms with Gasteiger partial charge in [0.15, 0.2) is 0 Å². The second-order valence-corrected chi connectivity index (χ2v) is 8.30. The zero-order chi connectivity index (χ0) is 25.5. The van der Waals surface area contributed by atoms with Crippen molar-refractivity contribution in [2.75, 3.05) is 31.5 Å². The minimum Gasteiger partial charge on any atom is -0.348 e. The number of nitrogens with one attached hydrogen (secondary N) is 3. The van der Waals surface area contributed by atoms with E-state index in [1.165, 1.54) is 25.9 Å². The van der Waals surface area contributed by atoms with Gasteiger partial charge in [-0.05, 0) is 73.4 Å². The van der Waals surface area contributed by atoms with Gasteiger partial charge in [-0.3, -0.25) is 9.59 Å². The number of hydrogen-bond donors (Lipinski definition) is 5. The molecule has 7 heteroatoms. The van der Waals surface area contributed by atoms with Crippen LogP contribution in [0.1, 0.15) is 47.7 Å². The average molecular weight is 478 g/mol. The van der Waals surface area contributed by atoms with E-state index in [2.05, 4.69) is 34.1 Å². The lowest BCUT2D eigenvalue weighted by atomic mass is 10.0. The molecule has 1 saturated heterocycles. The van der Waals surface area contributed by atoms with Crippen LogP contribution in [0, 0.1) is 6.92 Å². The van der Waals surface area contributed by atoms with E-state index in [9.17, 15) is 9.59 Å². The molecule has 0 saturated carbocycles. The summed E-state index contributed by atoms with van der Waals surface area (Å²) < 4.78 is 0. The lowest BCUT2D eigenvalue weighted by Gasteiger charge is -2.12. The van der Waals surface area contributed by atoms with E-state index >= 15 is 0 Å². The van der Waals surface area contributed by atoms with Crippen LogP contribution in [0.25, 0.3) is 10.8 Å². The summed E-state index contributed by atoms with van der Waals surface area (Å²) in [5.74, 6) is -0.334. The van der Waals surface area contributed by atoms with Crippen LogP contribution in [0.3, 0.4) is 0 Å². The van der Waals surface area contributed by atoms with E-state index in [0.29, 0.717) is 17.8 Å². The van der Waals surface area contributed by atoms with Crippen LogP contribution in [0.15, 0.2) is 60.7 Å². The molecule has 2 amide bonds. The lowest BCUT2D eigenvalue weighted by Crippen LogP contribution is -2.24. The normalized spacial score (nSPS) is 12.1. The molecule has 1 aliphatic rings. The number of carbonyl (C=O) groups is 2. The minimum atomic E-state index is -0.171. The van der Waals surface area contributed by atoms with Crippen LogP contribution in [-0.4, -0.2) is 38.0 Å². The lowest BCUT2D eigenvalue weighted by molar-refractivity contribution is -0.116. The Kier molecular flexibility index (Phi) is 12.5. The Bertz CT molecular complexity index is 1070. The highest BCUT2D eigenvalue weighted by Gasteiger charge is 2.12. The van der Waals surface area contributed by atoms with Gasteiger partial charge in [-0.1, -0.05) is 55.5 Å². The third-order valence-electron chi connectivity index (χ3n) is 5.41. The summed E-state index contributed by atoms with van der Waals surface area (Å²) in [5, 5.41) is 11.2. The van der Waals surface area contributed by atoms with E-state index in [4.69, 9.17) is 11.5 Å². The first-order valence-electron chi connectivity index (χ1n) is 12.3. The SMILES string of the molecule is C1CCNC1.CCN.Cc1ccc(NC(=O)CCN)cc1C(=O)NCc1cccc2ccccc12. The molecule has 0 atom stereocenters. The number of amides is 2. The highest BCUT2D eigenvalue weighted by Crippen LogP contribution is 2.19. The molecular formula is C28H39N5O2. The Labute approximate surface area is 208 Å². The summed E-state index contributed by atoms with van der Waals surface area (Å²) in [4.78, 5) is 24.4. The summed E-state index contributed by atoms with van der Waals surface area (Å²) in [6.45, 7) is 7.75. The molecule has 7 N–H and O–H groups in total. The molecule has 0 radical (unpaired) electrons. The van der Waals surface area contributed by atoms with Crippen molar-refractivity contribution in [2.45, 2.75) is 39.7 Å². The van der Waals surface area contributed by atoms with Gasteiger partial charge in [-0.25, -0.2) is 0 Å². The predicted octanol–water partition coefficient (Wildman–Crippen LogP) is 3.70.